The fourth-order valence-electron chi connectivity index (χ4n) is 1.82. The van der Waals surface area contributed by atoms with Gasteiger partial charge in [0.15, 0.2) is 0 Å². The van der Waals surface area contributed by atoms with Gasteiger partial charge in [0.2, 0.25) is 5.91 Å². The number of hydrogen-bond donors (Lipinski definition) is 3. The van der Waals surface area contributed by atoms with E-state index in [-0.39, 0.29) is 24.2 Å². The number of para-hydroxylation sites is 1. The van der Waals surface area contributed by atoms with E-state index in [2.05, 4.69) is 16.0 Å². The molecule has 5 nitrogen and oxygen atoms in total. The number of rotatable bonds is 8. The summed E-state index contributed by atoms with van der Waals surface area (Å²) in [6.07, 6.45) is 1.20. The summed E-state index contributed by atoms with van der Waals surface area (Å²) in [6.45, 7) is 5.48. The van der Waals surface area contributed by atoms with E-state index in [1.54, 1.807) is 18.2 Å². The molecule has 0 heterocycles. The maximum Gasteiger partial charge on any atom is 0.253 e. The Kier molecular flexibility index (Phi) is 10.2. The molecule has 0 aromatic heterocycles. The molecule has 0 radical (unpaired) electrons. The van der Waals surface area contributed by atoms with Crippen molar-refractivity contribution in [2.75, 3.05) is 25.5 Å². The molecule has 2 amide bonds. The molecular weight excluding hydrogens is 302 g/mol. The van der Waals surface area contributed by atoms with Crippen LogP contribution < -0.4 is 16.0 Å². The molecule has 0 atom stereocenters. The maximum atomic E-state index is 12.1. The van der Waals surface area contributed by atoms with E-state index in [9.17, 15) is 9.59 Å². The smallest absolute Gasteiger partial charge is 0.253 e. The number of benzene rings is 1. The van der Waals surface area contributed by atoms with E-state index in [0.717, 1.165) is 13.0 Å². The highest BCUT2D eigenvalue weighted by atomic mass is 35.5. The molecule has 0 saturated carbocycles. The van der Waals surface area contributed by atoms with E-state index in [1.165, 1.54) is 0 Å². The Bertz CT molecular complexity index is 478. The van der Waals surface area contributed by atoms with Gasteiger partial charge in [-0.3, -0.25) is 9.59 Å². The van der Waals surface area contributed by atoms with Crippen molar-refractivity contribution in [3.63, 3.8) is 0 Å². The highest BCUT2D eigenvalue weighted by Gasteiger charge is 2.12. The second kappa shape index (κ2) is 11.0. The molecule has 124 valence electrons. The number of carbonyl (C=O) groups is 2. The third-order valence-electron chi connectivity index (χ3n) is 2.95. The highest BCUT2D eigenvalue weighted by molar-refractivity contribution is 6.03. The van der Waals surface area contributed by atoms with Crippen molar-refractivity contribution in [1.29, 1.82) is 0 Å². The Morgan fingerprint density at radius 1 is 1.18 bits per heavy atom. The van der Waals surface area contributed by atoms with E-state index in [1.807, 2.05) is 27.0 Å². The van der Waals surface area contributed by atoms with Crippen molar-refractivity contribution < 1.29 is 9.59 Å². The molecule has 1 rings (SSSR count). The van der Waals surface area contributed by atoms with Crippen LogP contribution in [0.15, 0.2) is 24.3 Å². The van der Waals surface area contributed by atoms with E-state index >= 15 is 0 Å². The minimum atomic E-state index is -0.158. The van der Waals surface area contributed by atoms with Crippen LogP contribution in [0.4, 0.5) is 5.69 Å². The number of halogens is 1. The molecule has 0 aliphatic rings. The molecule has 3 N–H and O–H groups in total. The summed E-state index contributed by atoms with van der Waals surface area (Å²) in [4.78, 5) is 24.0. The second-order valence-electron chi connectivity index (χ2n) is 5.40. The first kappa shape index (κ1) is 20.4. The van der Waals surface area contributed by atoms with E-state index in [4.69, 9.17) is 0 Å². The molecular formula is C16H26ClN3O2. The summed E-state index contributed by atoms with van der Waals surface area (Å²) in [5.74, 6) is 0.154. The molecule has 0 unspecified atom stereocenters. The molecule has 0 aliphatic heterocycles. The summed E-state index contributed by atoms with van der Waals surface area (Å²) < 4.78 is 0. The summed E-state index contributed by atoms with van der Waals surface area (Å²) >= 11 is 0. The predicted octanol–water partition coefficient (Wildman–Crippen LogP) is 2.43. The number of carbonyl (C=O) groups excluding carboxylic acids is 2. The number of hydrogen-bond acceptors (Lipinski definition) is 3. The molecule has 1 aromatic carbocycles. The lowest BCUT2D eigenvalue weighted by atomic mass is 10.1. The van der Waals surface area contributed by atoms with Crippen LogP contribution in [0.2, 0.25) is 0 Å². The molecule has 0 bridgehead atoms. The van der Waals surface area contributed by atoms with Crippen LogP contribution in [0.25, 0.3) is 0 Å². The van der Waals surface area contributed by atoms with Crippen molar-refractivity contribution in [1.82, 2.24) is 10.6 Å². The molecule has 1 aromatic rings. The summed E-state index contributed by atoms with van der Waals surface area (Å²) in [6, 6.07) is 7.07. The van der Waals surface area contributed by atoms with Crippen LogP contribution in [0.3, 0.4) is 0 Å². The monoisotopic (exact) mass is 327 g/mol. The van der Waals surface area contributed by atoms with Gasteiger partial charge in [0.1, 0.15) is 0 Å². The van der Waals surface area contributed by atoms with Gasteiger partial charge in [0.25, 0.3) is 5.91 Å². The first-order chi connectivity index (χ1) is 10.0. The average molecular weight is 328 g/mol. The normalized spacial score (nSPS) is 10.0. The largest absolute Gasteiger partial charge is 0.352 e. The van der Waals surface area contributed by atoms with Gasteiger partial charge in [0.05, 0.1) is 11.3 Å². The Morgan fingerprint density at radius 2 is 1.86 bits per heavy atom. The van der Waals surface area contributed by atoms with Crippen LogP contribution in [0.5, 0.6) is 0 Å². The topological polar surface area (TPSA) is 70.2 Å². The molecule has 0 fully saturated rings. The van der Waals surface area contributed by atoms with Crippen LogP contribution in [-0.4, -0.2) is 32.0 Å². The summed E-state index contributed by atoms with van der Waals surface area (Å²) in [5.41, 5.74) is 1.06. The third kappa shape index (κ3) is 7.43. The quantitative estimate of drug-likeness (QED) is 0.642. The molecule has 0 saturated heterocycles. The van der Waals surface area contributed by atoms with E-state index < -0.39 is 0 Å². The summed E-state index contributed by atoms with van der Waals surface area (Å²) in [5, 5.41) is 8.67. The lowest BCUT2D eigenvalue weighted by Gasteiger charge is -2.12. The zero-order chi connectivity index (χ0) is 15.7. The SMILES string of the molecule is CNCCCC(=O)Nc1ccccc1C(=O)NCC(C)C.Cl. The van der Waals surface area contributed by atoms with Crippen LogP contribution >= 0.6 is 12.4 Å². The Hall–Kier alpha value is -1.59. The van der Waals surface area contributed by atoms with Gasteiger partial charge < -0.3 is 16.0 Å². The minimum Gasteiger partial charge on any atom is -0.352 e. The maximum absolute atomic E-state index is 12.1. The first-order valence-corrected chi connectivity index (χ1v) is 7.36. The Labute approximate surface area is 138 Å². The van der Waals surface area contributed by atoms with Gasteiger partial charge in [-0.1, -0.05) is 26.0 Å². The van der Waals surface area contributed by atoms with Gasteiger partial charge in [-0.05, 0) is 38.1 Å². The van der Waals surface area contributed by atoms with Crippen molar-refractivity contribution in [3.8, 4) is 0 Å². The standard InChI is InChI=1S/C16H25N3O2.ClH/c1-12(2)11-18-16(21)13-7-4-5-8-14(13)19-15(20)9-6-10-17-3;/h4-5,7-8,12,17H,6,9-11H2,1-3H3,(H,18,21)(H,19,20);1H. The number of nitrogens with one attached hydrogen (secondary N) is 3. The van der Waals surface area contributed by atoms with Gasteiger partial charge in [-0.25, -0.2) is 0 Å². The zero-order valence-electron chi connectivity index (χ0n) is 13.4. The van der Waals surface area contributed by atoms with Crippen molar-refractivity contribution in [2.45, 2.75) is 26.7 Å². The van der Waals surface area contributed by atoms with Gasteiger partial charge in [-0.15, -0.1) is 12.4 Å². The Morgan fingerprint density at radius 3 is 2.50 bits per heavy atom. The van der Waals surface area contributed by atoms with Gasteiger partial charge in [-0.2, -0.15) is 0 Å². The van der Waals surface area contributed by atoms with Gasteiger partial charge >= 0.3 is 0 Å². The van der Waals surface area contributed by atoms with Crippen LogP contribution in [-0.2, 0) is 4.79 Å². The third-order valence-corrected chi connectivity index (χ3v) is 2.95. The molecule has 6 heteroatoms. The average Bonchev–Trinajstić information content (AvgIpc) is 2.45. The minimum absolute atomic E-state index is 0. The van der Waals surface area contributed by atoms with Crippen molar-refractivity contribution in [2.24, 2.45) is 5.92 Å². The zero-order valence-corrected chi connectivity index (χ0v) is 14.3. The lowest BCUT2D eigenvalue weighted by molar-refractivity contribution is -0.116. The highest BCUT2D eigenvalue weighted by Crippen LogP contribution is 2.15. The van der Waals surface area contributed by atoms with Crippen molar-refractivity contribution in [3.05, 3.63) is 29.8 Å². The predicted molar refractivity (Wildman–Crippen MR) is 92.7 cm³/mol. The molecule has 0 aliphatic carbocycles. The van der Waals surface area contributed by atoms with Crippen LogP contribution in [0.1, 0.15) is 37.0 Å². The van der Waals surface area contributed by atoms with Crippen molar-refractivity contribution >= 4 is 29.9 Å². The van der Waals surface area contributed by atoms with E-state index in [0.29, 0.717) is 30.1 Å². The fourth-order valence-corrected chi connectivity index (χ4v) is 1.82. The van der Waals surface area contributed by atoms with Gasteiger partial charge in [0, 0.05) is 13.0 Å². The molecule has 0 spiro atoms. The lowest BCUT2D eigenvalue weighted by Crippen LogP contribution is -2.28. The number of amides is 2. The first-order valence-electron chi connectivity index (χ1n) is 7.36. The Balaban J connectivity index is 0.00000441. The summed E-state index contributed by atoms with van der Waals surface area (Å²) in [7, 11) is 1.85. The molecule has 22 heavy (non-hydrogen) atoms. The van der Waals surface area contributed by atoms with Crippen LogP contribution in [0, 0.1) is 5.92 Å². The second-order valence-corrected chi connectivity index (χ2v) is 5.40. The number of anilines is 1. The fraction of sp³-hybridized carbons (Fsp3) is 0.500.